The van der Waals surface area contributed by atoms with E-state index in [4.69, 9.17) is 16.0 Å². The topological polar surface area (TPSA) is 50.4 Å². The van der Waals surface area contributed by atoms with Crippen LogP contribution in [0.25, 0.3) is 22.1 Å². The molecule has 0 unspecified atom stereocenters. The first kappa shape index (κ1) is 15.3. The van der Waals surface area contributed by atoms with Gasteiger partial charge in [0.2, 0.25) is 5.43 Å². The molecule has 4 heteroatoms. The van der Waals surface area contributed by atoms with E-state index in [0.29, 0.717) is 21.6 Å². The Hall–Kier alpha value is -2.26. The zero-order valence-electron chi connectivity index (χ0n) is 13.1. The van der Waals surface area contributed by atoms with Crippen molar-refractivity contribution in [2.75, 3.05) is 0 Å². The predicted molar refractivity (Wildman–Crippen MR) is 95.8 cm³/mol. The van der Waals surface area contributed by atoms with Crippen LogP contribution in [0.15, 0.2) is 51.7 Å². The average Bonchev–Trinajstić information content (AvgIpc) is 3.10. The zero-order valence-corrected chi connectivity index (χ0v) is 13.8. The van der Waals surface area contributed by atoms with Gasteiger partial charge in [0.25, 0.3) is 0 Å². The molecule has 1 aliphatic rings. The van der Waals surface area contributed by atoms with Crippen LogP contribution >= 0.6 is 11.6 Å². The molecule has 1 saturated carbocycles. The van der Waals surface area contributed by atoms with Crippen LogP contribution in [0, 0.1) is 0 Å². The standard InChI is InChI=1S/C20H17ClO3/c21-14-7-5-12(6-8-14)18-19(23)16-10-9-15(22)11-17(16)24-20(18)13-3-1-2-4-13/h5-11,13,22H,1-4H2. The van der Waals surface area contributed by atoms with Gasteiger partial charge in [0, 0.05) is 17.0 Å². The fourth-order valence-corrected chi connectivity index (χ4v) is 3.69. The van der Waals surface area contributed by atoms with E-state index in [2.05, 4.69) is 0 Å². The van der Waals surface area contributed by atoms with Crippen LogP contribution in [0.1, 0.15) is 37.4 Å². The number of phenols is 1. The molecule has 0 saturated heterocycles. The first-order valence-corrected chi connectivity index (χ1v) is 8.57. The van der Waals surface area contributed by atoms with Gasteiger partial charge in [-0.1, -0.05) is 36.6 Å². The number of fused-ring (bicyclic) bond motifs is 1. The Morgan fingerprint density at radius 1 is 1.04 bits per heavy atom. The Kier molecular flexibility index (Phi) is 3.81. The quantitative estimate of drug-likeness (QED) is 0.672. The molecular formula is C20H17ClO3. The molecule has 24 heavy (non-hydrogen) atoms. The lowest BCUT2D eigenvalue weighted by Crippen LogP contribution is -2.11. The summed E-state index contributed by atoms with van der Waals surface area (Å²) in [7, 11) is 0. The van der Waals surface area contributed by atoms with Crippen molar-refractivity contribution in [2.24, 2.45) is 0 Å². The molecule has 0 spiro atoms. The number of phenolic OH excluding ortho intramolecular Hbond substituents is 1. The van der Waals surface area contributed by atoms with Crippen molar-refractivity contribution in [1.82, 2.24) is 0 Å². The van der Waals surface area contributed by atoms with E-state index in [9.17, 15) is 9.90 Å². The molecule has 2 aromatic carbocycles. The maximum absolute atomic E-state index is 13.1. The fourth-order valence-electron chi connectivity index (χ4n) is 3.56. The lowest BCUT2D eigenvalue weighted by molar-refractivity contribution is 0.466. The third-order valence-electron chi connectivity index (χ3n) is 4.76. The van der Waals surface area contributed by atoms with Crippen molar-refractivity contribution in [2.45, 2.75) is 31.6 Å². The highest BCUT2D eigenvalue weighted by atomic mass is 35.5. The predicted octanol–water partition coefficient (Wildman–Crippen LogP) is 5.48. The molecule has 3 nitrogen and oxygen atoms in total. The monoisotopic (exact) mass is 340 g/mol. The summed E-state index contributed by atoms with van der Waals surface area (Å²) in [6.45, 7) is 0. The lowest BCUT2D eigenvalue weighted by atomic mass is 9.94. The van der Waals surface area contributed by atoms with E-state index in [0.717, 1.165) is 37.0 Å². The normalized spacial score (nSPS) is 15.2. The van der Waals surface area contributed by atoms with Gasteiger partial charge in [-0.05, 0) is 42.7 Å². The number of halogens is 1. The van der Waals surface area contributed by atoms with Crippen molar-refractivity contribution in [1.29, 1.82) is 0 Å². The highest BCUT2D eigenvalue weighted by Gasteiger charge is 2.26. The molecule has 0 radical (unpaired) electrons. The largest absolute Gasteiger partial charge is 0.508 e. The van der Waals surface area contributed by atoms with Crippen LogP contribution in [0.2, 0.25) is 5.02 Å². The molecule has 1 aromatic heterocycles. The first-order chi connectivity index (χ1) is 11.6. The van der Waals surface area contributed by atoms with Gasteiger partial charge in [0.15, 0.2) is 0 Å². The molecule has 122 valence electrons. The Balaban J connectivity index is 2.03. The van der Waals surface area contributed by atoms with Gasteiger partial charge >= 0.3 is 0 Å². The van der Waals surface area contributed by atoms with Crippen molar-refractivity contribution in [3.63, 3.8) is 0 Å². The molecular weight excluding hydrogens is 324 g/mol. The van der Waals surface area contributed by atoms with Gasteiger partial charge in [0.1, 0.15) is 17.1 Å². The third-order valence-corrected chi connectivity index (χ3v) is 5.01. The molecule has 0 atom stereocenters. The molecule has 1 fully saturated rings. The number of aromatic hydroxyl groups is 1. The second-order valence-corrected chi connectivity index (χ2v) is 6.78. The summed E-state index contributed by atoms with van der Waals surface area (Å²) < 4.78 is 6.13. The smallest absolute Gasteiger partial charge is 0.200 e. The summed E-state index contributed by atoms with van der Waals surface area (Å²) in [5, 5.41) is 10.8. The number of hydrogen-bond acceptors (Lipinski definition) is 3. The number of rotatable bonds is 2. The lowest BCUT2D eigenvalue weighted by Gasteiger charge is -2.15. The van der Waals surface area contributed by atoms with Crippen molar-refractivity contribution in [3.8, 4) is 16.9 Å². The summed E-state index contributed by atoms with van der Waals surface area (Å²) in [4.78, 5) is 13.1. The summed E-state index contributed by atoms with van der Waals surface area (Å²) in [5.74, 6) is 1.08. The van der Waals surface area contributed by atoms with Gasteiger partial charge in [-0.3, -0.25) is 4.79 Å². The van der Waals surface area contributed by atoms with E-state index in [1.807, 2.05) is 12.1 Å². The van der Waals surface area contributed by atoms with Crippen LogP contribution in [0.4, 0.5) is 0 Å². The van der Waals surface area contributed by atoms with E-state index in [1.54, 1.807) is 18.2 Å². The first-order valence-electron chi connectivity index (χ1n) is 8.19. The Bertz CT molecular complexity index is 951. The molecule has 3 aromatic rings. The summed E-state index contributed by atoms with van der Waals surface area (Å²) in [5.41, 5.74) is 1.84. The summed E-state index contributed by atoms with van der Waals surface area (Å²) >= 11 is 5.99. The van der Waals surface area contributed by atoms with Crippen molar-refractivity contribution < 1.29 is 9.52 Å². The Morgan fingerprint density at radius 2 is 1.75 bits per heavy atom. The van der Waals surface area contributed by atoms with Crippen LogP contribution in [0.3, 0.4) is 0 Å². The maximum atomic E-state index is 13.1. The van der Waals surface area contributed by atoms with Crippen LogP contribution < -0.4 is 5.43 Å². The summed E-state index contributed by atoms with van der Waals surface area (Å²) in [6.07, 6.45) is 4.33. The zero-order chi connectivity index (χ0) is 16.7. The molecule has 4 rings (SSSR count). The maximum Gasteiger partial charge on any atom is 0.200 e. The van der Waals surface area contributed by atoms with Gasteiger partial charge in [-0.2, -0.15) is 0 Å². The minimum absolute atomic E-state index is 0.0551. The molecule has 0 bridgehead atoms. The minimum atomic E-state index is -0.0551. The molecule has 0 aliphatic heterocycles. The number of benzene rings is 2. The summed E-state index contributed by atoms with van der Waals surface area (Å²) in [6, 6.07) is 11.9. The third kappa shape index (κ3) is 2.59. The Labute approximate surface area is 144 Å². The van der Waals surface area contributed by atoms with Gasteiger partial charge in [-0.25, -0.2) is 0 Å². The highest BCUT2D eigenvalue weighted by molar-refractivity contribution is 6.30. The second-order valence-electron chi connectivity index (χ2n) is 6.34. The van der Waals surface area contributed by atoms with Crippen LogP contribution in [-0.2, 0) is 0 Å². The fraction of sp³-hybridized carbons (Fsp3) is 0.250. The van der Waals surface area contributed by atoms with Crippen molar-refractivity contribution >= 4 is 22.6 Å². The van der Waals surface area contributed by atoms with E-state index >= 15 is 0 Å². The molecule has 1 heterocycles. The molecule has 1 N–H and O–H groups in total. The van der Waals surface area contributed by atoms with Gasteiger partial charge in [-0.15, -0.1) is 0 Å². The second kappa shape index (κ2) is 5.99. The SMILES string of the molecule is O=c1c(-c2ccc(Cl)cc2)c(C2CCCC2)oc2cc(O)ccc12. The van der Waals surface area contributed by atoms with Gasteiger partial charge < -0.3 is 9.52 Å². The van der Waals surface area contributed by atoms with Crippen LogP contribution in [-0.4, -0.2) is 5.11 Å². The highest BCUT2D eigenvalue weighted by Crippen LogP contribution is 2.39. The van der Waals surface area contributed by atoms with Gasteiger partial charge in [0.05, 0.1) is 10.9 Å². The molecule has 0 amide bonds. The number of hydrogen-bond donors (Lipinski definition) is 1. The minimum Gasteiger partial charge on any atom is -0.508 e. The van der Waals surface area contributed by atoms with Crippen LogP contribution in [0.5, 0.6) is 5.75 Å². The van der Waals surface area contributed by atoms with E-state index in [1.165, 1.54) is 12.1 Å². The average molecular weight is 341 g/mol. The van der Waals surface area contributed by atoms with E-state index < -0.39 is 0 Å². The van der Waals surface area contributed by atoms with E-state index in [-0.39, 0.29) is 17.1 Å². The Morgan fingerprint density at radius 3 is 2.46 bits per heavy atom. The molecule has 1 aliphatic carbocycles. The van der Waals surface area contributed by atoms with Crippen molar-refractivity contribution in [3.05, 3.63) is 63.5 Å².